The molecule has 202 valence electrons. The summed E-state index contributed by atoms with van der Waals surface area (Å²) >= 11 is 0. The number of aryl methyl sites for hydroxylation is 3. The van der Waals surface area contributed by atoms with Crippen molar-refractivity contribution in [2.75, 3.05) is 25.5 Å². The Balaban J connectivity index is 2.00. The zero-order chi connectivity index (χ0) is 27.8. The second kappa shape index (κ2) is 12.8. The van der Waals surface area contributed by atoms with Gasteiger partial charge in [0.1, 0.15) is 23.2 Å². The van der Waals surface area contributed by atoms with E-state index in [2.05, 4.69) is 25.9 Å². The molecule has 1 aromatic heterocycles. The fourth-order valence-corrected chi connectivity index (χ4v) is 3.42. The molecule has 1 aromatic carbocycles. The molecule has 0 spiro atoms. The van der Waals surface area contributed by atoms with Crippen LogP contribution >= 0.6 is 0 Å². The van der Waals surface area contributed by atoms with Crippen molar-refractivity contribution in [3.8, 4) is 5.75 Å². The topological polar surface area (TPSA) is 152 Å². The van der Waals surface area contributed by atoms with Crippen LogP contribution in [0.15, 0.2) is 18.2 Å². The van der Waals surface area contributed by atoms with Crippen molar-refractivity contribution in [2.24, 2.45) is 0 Å². The third-order valence-corrected chi connectivity index (χ3v) is 5.07. The largest absolute Gasteiger partial charge is 0.508 e. The molecule has 12 heteroatoms. The number of phenolic OH excluding ortho intramolecular Hbond substituents is 1. The van der Waals surface area contributed by atoms with Crippen molar-refractivity contribution in [2.45, 2.75) is 59.1 Å². The lowest BCUT2D eigenvalue weighted by Crippen LogP contribution is -2.50. The summed E-state index contributed by atoms with van der Waals surface area (Å²) in [6, 6.07) is 2.73. The van der Waals surface area contributed by atoms with Crippen LogP contribution in [0.5, 0.6) is 5.75 Å². The zero-order valence-electron chi connectivity index (χ0n) is 21.9. The van der Waals surface area contributed by atoms with Crippen LogP contribution in [0.2, 0.25) is 0 Å². The van der Waals surface area contributed by atoms with Crippen LogP contribution in [0.4, 0.5) is 15.1 Å². The Morgan fingerprint density at radius 1 is 1.14 bits per heavy atom. The van der Waals surface area contributed by atoms with E-state index in [1.54, 1.807) is 34.6 Å². The predicted octanol–water partition coefficient (Wildman–Crippen LogP) is 2.78. The highest BCUT2D eigenvalue weighted by molar-refractivity contribution is 5.98. The van der Waals surface area contributed by atoms with Gasteiger partial charge in [0.05, 0.1) is 30.6 Å². The molecular formula is C25H34FN5O6. The Morgan fingerprint density at radius 2 is 1.78 bits per heavy atom. The molecule has 0 saturated heterocycles. The van der Waals surface area contributed by atoms with E-state index in [-0.39, 0.29) is 23.7 Å². The van der Waals surface area contributed by atoms with Gasteiger partial charge in [-0.15, -0.1) is 0 Å². The van der Waals surface area contributed by atoms with Crippen LogP contribution in [0.1, 0.15) is 54.5 Å². The third-order valence-electron chi connectivity index (χ3n) is 5.07. The van der Waals surface area contributed by atoms with E-state index in [1.165, 1.54) is 25.3 Å². The minimum atomic E-state index is -1.17. The van der Waals surface area contributed by atoms with Gasteiger partial charge in [-0.05, 0) is 71.2 Å². The molecule has 1 unspecified atom stereocenters. The first-order chi connectivity index (χ1) is 17.3. The van der Waals surface area contributed by atoms with E-state index in [9.17, 15) is 23.9 Å². The molecule has 2 amide bonds. The minimum absolute atomic E-state index is 0.00265. The fourth-order valence-electron chi connectivity index (χ4n) is 3.42. The summed E-state index contributed by atoms with van der Waals surface area (Å²) in [5.41, 5.74) is 0.600. The number of halogens is 1. The molecule has 4 N–H and O–H groups in total. The van der Waals surface area contributed by atoms with Gasteiger partial charge in [0.15, 0.2) is 0 Å². The van der Waals surface area contributed by atoms with Crippen molar-refractivity contribution in [1.29, 1.82) is 0 Å². The first-order valence-corrected chi connectivity index (χ1v) is 11.7. The average molecular weight is 520 g/mol. The van der Waals surface area contributed by atoms with E-state index in [0.717, 1.165) is 0 Å². The van der Waals surface area contributed by atoms with Crippen molar-refractivity contribution in [3.05, 3.63) is 46.5 Å². The van der Waals surface area contributed by atoms with Crippen LogP contribution < -0.4 is 16.0 Å². The normalized spacial score (nSPS) is 11.9. The van der Waals surface area contributed by atoms with Crippen molar-refractivity contribution in [3.63, 3.8) is 0 Å². The maximum absolute atomic E-state index is 13.8. The number of benzene rings is 1. The van der Waals surface area contributed by atoms with Crippen LogP contribution in [0.3, 0.4) is 0 Å². The Morgan fingerprint density at radius 3 is 2.38 bits per heavy atom. The Kier molecular flexibility index (Phi) is 10.2. The number of hydrogen-bond donors (Lipinski definition) is 4. The standard InChI is InChI=1S/C25H34FN5O6/c1-14-20(21(33)31-19(22(34)36-6)13-28-24(35)37-25(3,4)5)15(2)30-23(29-14)27-11-7-8-16-12-17(32)9-10-18(16)26/h9-10,12,19,32H,7-8,11,13H2,1-6H3,(H,28,35)(H,31,33)(H,27,29,30). The molecular weight excluding hydrogens is 485 g/mol. The SMILES string of the molecule is COC(=O)C(CNC(=O)OC(C)(C)C)NC(=O)c1c(C)nc(NCCCc2cc(O)ccc2F)nc1C. The molecule has 0 aliphatic carbocycles. The van der Waals surface area contributed by atoms with Crippen LogP contribution in [0.25, 0.3) is 0 Å². The molecule has 1 atom stereocenters. The van der Waals surface area contributed by atoms with Gasteiger partial charge in [-0.1, -0.05) is 0 Å². The first-order valence-electron chi connectivity index (χ1n) is 11.7. The average Bonchev–Trinajstić information content (AvgIpc) is 2.79. The lowest BCUT2D eigenvalue weighted by molar-refractivity contribution is -0.142. The van der Waals surface area contributed by atoms with Gasteiger partial charge in [-0.3, -0.25) is 4.79 Å². The summed E-state index contributed by atoms with van der Waals surface area (Å²) in [4.78, 5) is 45.7. The van der Waals surface area contributed by atoms with Gasteiger partial charge >= 0.3 is 12.1 Å². The van der Waals surface area contributed by atoms with E-state index < -0.39 is 29.6 Å². The highest BCUT2D eigenvalue weighted by Crippen LogP contribution is 2.17. The molecule has 2 rings (SSSR count). The number of nitrogens with one attached hydrogen (secondary N) is 3. The van der Waals surface area contributed by atoms with Crippen molar-refractivity contribution >= 4 is 23.9 Å². The molecule has 1 heterocycles. The number of ether oxygens (including phenoxy) is 2. The summed E-state index contributed by atoms with van der Waals surface area (Å²) < 4.78 is 23.7. The fraction of sp³-hybridized carbons (Fsp3) is 0.480. The smallest absolute Gasteiger partial charge is 0.407 e. The van der Waals surface area contributed by atoms with E-state index in [1.807, 2.05) is 0 Å². The first kappa shape index (κ1) is 29.3. The van der Waals surface area contributed by atoms with Gasteiger partial charge in [-0.2, -0.15) is 0 Å². The van der Waals surface area contributed by atoms with Crippen molar-refractivity contribution < 1.29 is 33.4 Å². The van der Waals surface area contributed by atoms with E-state index >= 15 is 0 Å². The molecule has 0 aliphatic heterocycles. The number of hydrogen-bond acceptors (Lipinski definition) is 9. The Bertz CT molecular complexity index is 1110. The molecule has 0 radical (unpaired) electrons. The van der Waals surface area contributed by atoms with Crippen LogP contribution in [-0.4, -0.2) is 64.9 Å². The number of methoxy groups -OCH3 is 1. The summed E-state index contributed by atoms with van der Waals surface area (Å²) in [6.07, 6.45) is 0.210. The number of phenols is 1. The molecule has 0 fully saturated rings. The highest BCUT2D eigenvalue weighted by atomic mass is 19.1. The second-order valence-electron chi connectivity index (χ2n) is 9.33. The molecule has 37 heavy (non-hydrogen) atoms. The number of esters is 1. The molecule has 0 saturated carbocycles. The second-order valence-corrected chi connectivity index (χ2v) is 9.33. The maximum atomic E-state index is 13.8. The van der Waals surface area contributed by atoms with Gasteiger partial charge in [0.25, 0.3) is 5.91 Å². The quantitative estimate of drug-likeness (QED) is 0.274. The lowest BCUT2D eigenvalue weighted by atomic mass is 10.1. The van der Waals surface area contributed by atoms with E-state index in [4.69, 9.17) is 9.47 Å². The van der Waals surface area contributed by atoms with Crippen molar-refractivity contribution in [1.82, 2.24) is 20.6 Å². The molecule has 11 nitrogen and oxygen atoms in total. The molecule has 0 bridgehead atoms. The number of aromatic hydroxyl groups is 1. The van der Waals surface area contributed by atoms with Gasteiger partial charge in [0.2, 0.25) is 5.95 Å². The third kappa shape index (κ3) is 9.21. The number of carbonyl (C=O) groups is 3. The maximum Gasteiger partial charge on any atom is 0.407 e. The highest BCUT2D eigenvalue weighted by Gasteiger charge is 2.26. The number of nitrogens with zero attached hydrogens (tertiary/aromatic N) is 2. The van der Waals surface area contributed by atoms with E-state index in [0.29, 0.717) is 42.3 Å². The monoisotopic (exact) mass is 519 g/mol. The molecule has 2 aromatic rings. The van der Waals surface area contributed by atoms with Gasteiger partial charge in [0, 0.05) is 6.54 Å². The number of aromatic nitrogens is 2. The number of alkyl carbamates (subject to hydrolysis) is 1. The Labute approximate surface area is 215 Å². The number of rotatable bonds is 10. The summed E-state index contributed by atoms with van der Waals surface area (Å²) in [5, 5.41) is 17.5. The predicted molar refractivity (Wildman–Crippen MR) is 134 cm³/mol. The van der Waals surface area contributed by atoms with Gasteiger partial charge < -0.3 is 30.5 Å². The number of anilines is 1. The zero-order valence-corrected chi connectivity index (χ0v) is 21.9. The lowest BCUT2D eigenvalue weighted by Gasteiger charge is -2.22. The summed E-state index contributed by atoms with van der Waals surface area (Å²) in [5.74, 6) is -1.45. The Hall–Kier alpha value is -3.96. The molecule has 0 aliphatic rings. The van der Waals surface area contributed by atoms with Crippen LogP contribution in [0, 0.1) is 19.7 Å². The minimum Gasteiger partial charge on any atom is -0.508 e. The summed E-state index contributed by atoms with van der Waals surface area (Å²) in [7, 11) is 1.17. The number of carbonyl (C=O) groups excluding carboxylic acids is 3. The number of amides is 2. The van der Waals surface area contributed by atoms with Gasteiger partial charge in [-0.25, -0.2) is 23.9 Å². The van der Waals surface area contributed by atoms with Crippen LogP contribution in [-0.2, 0) is 20.7 Å². The summed E-state index contributed by atoms with van der Waals surface area (Å²) in [6.45, 7) is 8.54.